The molecule has 3 heterocycles. The van der Waals surface area contributed by atoms with Gasteiger partial charge in [0.25, 0.3) is 10.0 Å². The SMILES string of the molecule is COC1CCN(C2CCN(S(=O)(=O)c3ccc(Br)s3)CC2)CC1. The lowest BCUT2D eigenvalue weighted by Gasteiger charge is -2.41. The fraction of sp³-hybridized carbons (Fsp3) is 0.733. The highest BCUT2D eigenvalue weighted by molar-refractivity contribution is 9.11. The molecule has 5 nitrogen and oxygen atoms in total. The molecule has 2 aliphatic rings. The molecule has 0 bridgehead atoms. The van der Waals surface area contributed by atoms with Gasteiger partial charge in [-0.2, -0.15) is 4.31 Å². The number of thiophene rings is 1. The first-order chi connectivity index (χ1) is 11.0. The highest BCUT2D eigenvalue weighted by atomic mass is 79.9. The molecular formula is C15H23BrN2O3S2. The smallest absolute Gasteiger partial charge is 0.252 e. The van der Waals surface area contributed by atoms with Crippen molar-refractivity contribution in [3.8, 4) is 0 Å². The molecule has 23 heavy (non-hydrogen) atoms. The highest BCUT2D eigenvalue weighted by Crippen LogP contribution is 2.31. The molecule has 0 aliphatic carbocycles. The van der Waals surface area contributed by atoms with Crippen LogP contribution in [0.4, 0.5) is 0 Å². The van der Waals surface area contributed by atoms with E-state index in [4.69, 9.17) is 4.74 Å². The summed E-state index contributed by atoms with van der Waals surface area (Å²) in [6, 6.07) is 3.99. The summed E-state index contributed by atoms with van der Waals surface area (Å²) in [5, 5.41) is 0. The van der Waals surface area contributed by atoms with Crippen LogP contribution in [0, 0.1) is 0 Å². The lowest BCUT2D eigenvalue weighted by Crippen LogP contribution is -2.49. The molecule has 1 aromatic rings. The van der Waals surface area contributed by atoms with Gasteiger partial charge in [0.2, 0.25) is 0 Å². The van der Waals surface area contributed by atoms with Gasteiger partial charge in [0.05, 0.1) is 9.89 Å². The van der Waals surface area contributed by atoms with Crippen LogP contribution in [-0.2, 0) is 14.8 Å². The van der Waals surface area contributed by atoms with Crippen LogP contribution in [0.15, 0.2) is 20.1 Å². The van der Waals surface area contributed by atoms with Crippen molar-refractivity contribution in [3.05, 3.63) is 15.9 Å². The van der Waals surface area contributed by atoms with Crippen molar-refractivity contribution < 1.29 is 13.2 Å². The quantitative estimate of drug-likeness (QED) is 0.748. The van der Waals surface area contributed by atoms with E-state index in [0.717, 1.165) is 42.6 Å². The Kier molecular flexibility index (Phi) is 5.81. The van der Waals surface area contributed by atoms with Crippen LogP contribution in [0.25, 0.3) is 0 Å². The number of piperidine rings is 2. The Morgan fingerprint density at radius 1 is 1.13 bits per heavy atom. The molecule has 0 amide bonds. The number of hydrogen-bond donors (Lipinski definition) is 0. The molecule has 1 aromatic heterocycles. The third kappa shape index (κ3) is 3.99. The third-order valence-electron chi connectivity index (χ3n) is 4.89. The molecule has 0 atom stereocenters. The van der Waals surface area contributed by atoms with Crippen LogP contribution in [0.2, 0.25) is 0 Å². The molecule has 2 aliphatic heterocycles. The predicted octanol–water partition coefficient (Wildman–Crippen LogP) is 2.77. The number of sulfonamides is 1. The minimum atomic E-state index is -3.32. The molecule has 3 rings (SSSR count). The van der Waals surface area contributed by atoms with Gasteiger partial charge in [-0.05, 0) is 53.7 Å². The van der Waals surface area contributed by atoms with Crippen molar-refractivity contribution >= 4 is 37.3 Å². The number of methoxy groups -OCH3 is 1. The van der Waals surface area contributed by atoms with Crippen LogP contribution >= 0.6 is 27.3 Å². The number of rotatable bonds is 4. The second-order valence-corrected chi connectivity index (χ2v) is 10.8. The molecule has 0 spiro atoms. The molecule has 2 saturated heterocycles. The lowest BCUT2D eigenvalue weighted by molar-refractivity contribution is 0.0190. The normalized spacial score (nSPS) is 23.4. The van der Waals surface area contributed by atoms with E-state index < -0.39 is 10.0 Å². The molecule has 0 saturated carbocycles. The van der Waals surface area contributed by atoms with Gasteiger partial charge in [-0.3, -0.25) is 0 Å². The largest absolute Gasteiger partial charge is 0.381 e. The van der Waals surface area contributed by atoms with Gasteiger partial charge >= 0.3 is 0 Å². The van der Waals surface area contributed by atoms with Crippen LogP contribution in [0.5, 0.6) is 0 Å². The van der Waals surface area contributed by atoms with Gasteiger partial charge in [0, 0.05) is 39.3 Å². The number of nitrogens with zero attached hydrogens (tertiary/aromatic N) is 2. The minimum absolute atomic E-state index is 0.393. The zero-order valence-corrected chi connectivity index (χ0v) is 16.5. The minimum Gasteiger partial charge on any atom is -0.381 e. The van der Waals surface area contributed by atoms with E-state index in [1.807, 2.05) is 0 Å². The van der Waals surface area contributed by atoms with Crippen molar-refractivity contribution in [2.75, 3.05) is 33.3 Å². The summed E-state index contributed by atoms with van der Waals surface area (Å²) in [7, 11) is -1.54. The van der Waals surface area contributed by atoms with Crippen LogP contribution < -0.4 is 0 Å². The highest BCUT2D eigenvalue weighted by Gasteiger charge is 2.33. The van der Waals surface area contributed by atoms with Crippen molar-refractivity contribution in [2.24, 2.45) is 0 Å². The van der Waals surface area contributed by atoms with Crippen molar-refractivity contribution in [3.63, 3.8) is 0 Å². The first-order valence-electron chi connectivity index (χ1n) is 8.03. The summed E-state index contributed by atoms with van der Waals surface area (Å²) in [5.41, 5.74) is 0. The average molecular weight is 423 g/mol. The zero-order chi connectivity index (χ0) is 16.4. The number of hydrogen-bond acceptors (Lipinski definition) is 5. The van der Waals surface area contributed by atoms with E-state index in [-0.39, 0.29) is 0 Å². The fourth-order valence-electron chi connectivity index (χ4n) is 3.49. The van der Waals surface area contributed by atoms with Crippen molar-refractivity contribution in [1.82, 2.24) is 9.21 Å². The van der Waals surface area contributed by atoms with Crippen LogP contribution in [0.3, 0.4) is 0 Å². The van der Waals surface area contributed by atoms with E-state index in [2.05, 4.69) is 20.8 Å². The topological polar surface area (TPSA) is 49.9 Å². The summed E-state index contributed by atoms with van der Waals surface area (Å²) < 4.78 is 33.7. The lowest BCUT2D eigenvalue weighted by atomic mass is 10.00. The van der Waals surface area contributed by atoms with Gasteiger partial charge in [0.1, 0.15) is 4.21 Å². The van der Waals surface area contributed by atoms with E-state index in [0.29, 0.717) is 29.4 Å². The maximum absolute atomic E-state index is 12.7. The van der Waals surface area contributed by atoms with Gasteiger partial charge in [-0.15, -0.1) is 11.3 Å². The van der Waals surface area contributed by atoms with Crippen molar-refractivity contribution in [2.45, 2.75) is 42.0 Å². The van der Waals surface area contributed by atoms with Gasteiger partial charge in [-0.25, -0.2) is 8.42 Å². The van der Waals surface area contributed by atoms with Crippen molar-refractivity contribution in [1.29, 1.82) is 0 Å². The standard InChI is InChI=1S/C15H23BrN2O3S2/c1-21-13-6-8-17(9-7-13)12-4-10-18(11-5-12)23(19,20)15-3-2-14(16)22-15/h2-3,12-13H,4-11H2,1H3. The summed E-state index contributed by atoms with van der Waals surface area (Å²) in [6.07, 6.45) is 4.40. The molecule has 0 radical (unpaired) electrons. The van der Waals surface area contributed by atoms with Crippen LogP contribution in [-0.4, -0.2) is 63.1 Å². The summed E-state index contributed by atoms with van der Waals surface area (Å²) in [6.45, 7) is 3.36. The fourth-order valence-corrected chi connectivity index (χ4v) is 7.12. The Bertz CT molecular complexity index is 618. The second-order valence-electron chi connectivity index (χ2n) is 6.16. The molecular weight excluding hydrogens is 400 g/mol. The Morgan fingerprint density at radius 2 is 1.78 bits per heavy atom. The maximum atomic E-state index is 12.7. The Labute approximate surface area is 150 Å². The first kappa shape index (κ1) is 17.8. The number of halogens is 1. The summed E-state index contributed by atoms with van der Waals surface area (Å²) >= 11 is 4.62. The van der Waals surface area contributed by atoms with E-state index in [1.54, 1.807) is 23.5 Å². The Morgan fingerprint density at radius 3 is 2.30 bits per heavy atom. The van der Waals surface area contributed by atoms with Gasteiger partial charge < -0.3 is 9.64 Å². The van der Waals surface area contributed by atoms with E-state index in [9.17, 15) is 8.42 Å². The maximum Gasteiger partial charge on any atom is 0.252 e. The van der Waals surface area contributed by atoms with E-state index >= 15 is 0 Å². The summed E-state index contributed by atoms with van der Waals surface area (Å²) in [5.74, 6) is 0. The molecule has 2 fully saturated rings. The summed E-state index contributed by atoms with van der Waals surface area (Å²) in [4.78, 5) is 2.52. The Hall–Kier alpha value is 0.01000. The number of ether oxygens (including phenoxy) is 1. The average Bonchev–Trinajstić information content (AvgIpc) is 3.02. The predicted molar refractivity (Wildman–Crippen MR) is 95.4 cm³/mol. The van der Waals surface area contributed by atoms with Gasteiger partial charge in [0.15, 0.2) is 0 Å². The third-order valence-corrected chi connectivity index (χ3v) is 8.88. The molecule has 0 aromatic carbocycles. The Balaban J connectivity index is 1.56. The molecule has 0 unspecified atom stereocenters. The molecule has 8 heteroatoms. The van der Waals surface area contributed by atoms with Crippen LogP contribution in [0.1, 0.15) is 25.7 Å². The first-order valence-corrected chi connectivity index (χ1v) is 11.1. The number of likely N-dealkylation sites (tertiary alicyclic amines) is 1. The molecule has 0 N–H and O–H groups in total. The molecule has 130 valence electrons. The second kappa shape index (κ2) is 7.49. The van der Waals surface area contributed by atoms with Gasteiger partial charge in [-0.1, -0.05) is 0 Å². The zero-order valence-electron chi connectivity index (χ0n) is 13.3. The monoisotopic (exact) mass is 422 g/mol. The van der Waals surface area contributed by atoms with E-state index in [1.165, 1.54) is 11.3 Å².